The van der Waals surface area contributed by atoms with Gasteiger partial charge in [0.2, 0.25) is 5.91 Å². The molecule has 2 rings (SSSR count). The van der Waals surface area contributed by atoms with E-state index in [1.807, 2.05) is 49.9 Å². The Morgan fingerprint density at radius 1 is 1.24 bits per heavy atom. The van der Waals surface area contributed by atoms with Crippen LogP contribution in [-0.2, 0) is 11.3 Å². The van der Waals surface area contributed by atoms with Crippen molar-refractivity contribution in [1.82, 2.24) is 10.2 Å². The second-order valence-electron chi connectivity index (χ2n) is 8.15. The summed E-state index contributed by atoms with van der Waals surface area (Å²) in [6.45, 7) is 9.62. The third kappa shape index (κ3) is 5.05. The van der Waals surface area contributed by atoms with Gasteiger partial charge in [0.25, 0.3) is 5.91 Å². The summed E-state index contributed by atoms with van der Waals surface area (Å²) < 4.78 is 0. The van der Waals surface area contributed by atoms with E-state index in [0.29, 0.717) is 24.6 Å². The molecule has 3 N–H and O–H groups in total. The van der Waals surface area contributed by atoms with Crippen LogP contribution in [-0.4, -0.2) is 35.8 Å². The van der Waals surface area contributed by atoms with Crippen molar-refractivity contribution in [2.75, 3.05) is 13.1 Å². The quantitative estimate of drug-likeness (QED) is 0.880. The number of carbonyl (C=O) groups excluding carboxylic acids is 2. The Balaban J connectivity index is 1.99. The highest BCUT2D eigenvalue weighted by molar-refractivity contribution is 5.94. The molecule has 2 atom stereocenters. The normalized spacial score (nSPS) is 21.1. The molecule has 25 heavy (non-hydrogen) atoms. The molecule has 0 aromatic heterocycles. The van der Waals surface area contributed by atoms with Crippen LogP contribution < -0.4 is 11.1 Å². The standard InChI is InChI=1S/C20H31N3O2/c1-14-9-10-23(17(11-14)12-21)18(24)16-7-5-15(6-8-16)13-22-19(25)20(2,3)4/h5-8,14,17H,9-13,21H2,1-4H3,(H,22,25). The molecule has 0 spiro atoms. The molecule has 2 amide bonds. The van der Waals surface area contributed by atoms with Crippen LogP contribution in [0.2, 0.25) is 0 Å². The lowest BCUT2D eigenvalue weighted by Gasteiger charge is -2.38. The molecule has 0 radical (unpaired) electrons. The van der Waals surface area contributed by atoms with Gasteiger partial charge in [-0.25, -0.2) is 0 Å². The zero-order chi connectivity index (χ0) is 18.6. The Morgan fingerprint density at radius 2 is 1.88 bits per heavy atom. The smallest absolute Gasteiger partial charge is 0.254 e. The number of amides is 2. The van der Waals surface area contributed by atoms with Crippen molar-refractivity contribution in [3.8, 4) is 0 Å². The molecule has 1 saturated heterocycles. The first-order valence-corrected chi connectivity index (χ1v) is 9.10. The molecule has 0 bridgehead atoms. The summed E-state index contributed by atoms with van der Waals surface area (Å²) in [5.41, 5.74) is 7.12. The maximum Gasteiger partial charge on any atom is 0.254 e. The van der Waals surface area contributed by atoms with Crippen LogP contribution in [0.15, 0.2) is 24.3 Å². The van der Waals surface area contributed by atoms with E-state index in [-0.39, 0.29) is 17.9 Å². The first kappa shape index (κ1) is 19.4. The minimum Gasteiger partial charge on any atom is -0.352 e. The van der Waals surface area contributed by atoms with Crippen molar-refractivity contribution >= 4 is 11.8 Å². The minimum absolute atomic E-state index is 0.0147. The lowest BCUT2D eigenvalue weighted by atomic mass is 9.92. The molecule has 5 heteroatoms. The van der Waals surface area contributed by atoms with Crippen LogP contribution in [0.1, 0.15) is 56.5 Å². The van der Waals surface area contributed by atoms with Crippen molar-refractivity contribution in [2.24, 2.45) is 17.1 Å². The average Bonchev–Trinajstić information content (AvgIpc) is 2.58. The summed E-state index contributed by atoms with van der Waals surface area (Å²) in [4.78, 5) is 26.6. The van der Waals surface area contributed by atoms with Crippen LogP contribution in [0, 0.1) is 11.3 Å². The molecular formula is C20H31N3O2. The van der Waals surface area contributed by atoms with Gasteiger partial charge in [-0.3, -0.25) is 9.59 Å². The number of piperidine rings is 1. The summed E-state index contributed by atoms with van der Waals surface area (Å²) in [6, 6.07) is 7.61. The fourth-order valence-corrected chi connectivity index (χ4v) is 3.12. The maximum absolute atomic E-state index is 12.8. The second kappa shape index (κ2) is 8.00. The van der Waals surface area contributed by atoms with Crippen LogP contribution in [0.5, 0.6) is 0 Å². The molecule has 1 fully saturated rings. The van der Waals surface area contributed by atoms with Gasteiger partial charge in [0.15, 0.2) is 0 Å². The summed E-state index contributed by atoms with van der Waals surface area (Å²) in [5, 5.41) is 2.92. The monoisotopic (exact) mass is 345 g/mol. The number of carbonyl (C=O) groups is 2. The van der Waals surface area contributed by atoms with Gasteiger partial charge in [-0.05, 0) is 36.5 Å². The van der Waals surface area contributed by atoms with Gasteiger partial charge >= 0.3 is 0 Å². The number of hydrogen-bond acceptors (Lipinski definition) is 3. The van der Waals surface area contributed by atoms with Gasteiger partial charge in [0, 0.05) is 36.7 Å². The first-order chi connectivity index (χ1) is 11.7. The van der Waals surface area contributed by atoms with Crippen LogP contribution >= 0.6 is 0 Å². The number of hydrogen-bond donors (Lipinski definition) is 2. The number of nitrogens with one attached hydrogen (secondary N) is 1. The summed E-state index contributed by atoms with van der Waals surface area (Å²) in [5.74, 6) is 0.680. The Labute approximate surface area is 151 Å². The van der Waals surface area contributed by atoms with E-state index < -0.39 is 5.41 Å². The molecule has 1 aliphatic rings. The minimum atomic E-state index is -0.404. The molecule has 1 aromatic carbocycles. The Hall–Kier alpha value is -1.88. The predicted octanol–water partition coefficient (Wildman–Crippen LogP) is 2.55. The van der Waals surface area contributed by atoms with Crippen LogP contribution in [0.4, 0.5) is 0 Å². The van der Waals surface area contributed by atoms with Gasteiger partial charge in [-0.1, -0.05) is 39.8 Å². The van der Waals surface area contributed by atoms with Gasteiger partial charge in [0.1, 0.15) is 0 Å². The van der Waals surface area contributed by atoms with Gasteiger partial charge in [-0.2, -0.15) is 0 Å². The SMILES string of the molecule is CC1CCN(C(=O)c2ccc(CNC(=O)C(C)(C)C)cc2)C(CN)C1. The average molecular weight is 345 g/mol. The highest BCUT2D eigenvalue weighted by Gasteiger charge is 2.29. The molecule has 0 aliphatic carbocycles. The van der Waals surface area contributed by atoms with Crippen molar-refractivity contribution in [2.45, 2.75) is 53.1 Å². The number of nitrogens with zero attached hydrogens (tertiary/aromatic N) is 1. The topological polar surface area (TPSA) is 75.4 Å². The van der Waals surface area contributed by atoms with Crippen molar-refractivity contribution in [1.29, 1.82) is 0 Å². The summed E-state index contributed by atoms with van der Waals surface area (Å²) in [6.07, 6.45) is 2.00. The molecule has 1 aliphatic heterocycles. The van der Waals surface area contributed by atoms with E-state index in [1.54, 1.807) is 0 Å². The van der Waals surface area contributed by atoms with Crippen molar-refractivity contribution < 1.29 is 9.59 Å². The molecule has 1 heterocycles. The van der Waals surface area contributed by atoms with Gasteiger partial charge in [-0.15, -0.1) is 0 Å². The van der Waals surface area contributed by atoms with Crippen LogP contribution in [0.25, 0.3) is 0 Å². The molecule has 1 aromatic rings. The van der Waals surface area contributed by atoms with Gasteiger partial charge < -0.3 is 16.0 Å². The lowest BCUT2D eigenvalue weighted by molar-refractivity contribution is -0.128. The Bertz CT molecular complexity index is 604. The van der Waals surface area contributed by atoms with E-state index in [2.05, 4.69) is 12.2 Å². The van der Waals surface area contributed by atoms with Gasteiger partial charge in [0.05, 0.1) is 0 Å². The number of rotatable bonds is 4. The number of benzene rings is 1. The van der Waals surface area contributed by atoms with E-state index in [9.17, 15) is 9.59 Å². The van der Waals surface area contributed by atoms with E-state index in [0.717, 1.165) is 24.9 Å². The van der Waals surface area contributed by atoms with Crippen LogP contribution in [0.3, 0.4) is 0 Å². The maximum atomic E-state index is 12.8. The summed E-state index contributed by atoms with van der Waals surface area (Å²) in [7, 11) is 0. The zero-order valence-electron chi connectivity index (χ0n) is 15.8. The fourth-order valence-electron chi connectivity index (χ4n) is 3.12. The molecule has 138 valence electrons. The third-order valence-electron chi connectivity index (χ3n) is 4.85. The second-order valence-corrected chi connectivity index (χ2v) is 8.15. The Kier molecular flexibility index (Phi) is 6.22. The largest absolute Gasteiger partial charge is 0.352 e. The first-order valence-electron chi connectivity index (χ1n) is 9.10. The highest BCUT2D eigenvalue weighted by atomic mass is 16.2. The van der Waals surface area contributed by atoms with E-state index in [4.69, 9.17) is 5.73 Å². The zero-order valence-corrected chi connectivity index (χ0v) is 15.8. The predicted molar refractivity (Wildman–Crippen MR) is 100 cm³/mol. The highest BCUT2D eigenvalue weighted by Crippen LogP contribution is 2.23. The molecule has 0 saturated carbocycles. The Morgan fingerprint density at radius 3 is 2.44 bits per heavy atom. The third-order valence-corrected chi connectivity index (χ3v) is 4.85. The number of likely N-dealkylation sites (tertiary alicyclic amines) is 1. The number of nitrogens with two attached hydrogens (primary N) is 1. The lowest BCUT2D eigenvalue weighted by Crippen LogP contribution is -2.49. The fraction of sp³-hybridized carbons (Fsp3) is 0.600. The van der Waals surface area contributed by atoms with E-state index >= 15 is 0 Å². The molecule has 2 unspecified atom stereocenters. The van der Waals surface area contributed by atoms with Crippen molar-refractivity contribution in [3.05, 3.63) is 35.4 Å². The molecule has 5 nitrogen and oxygen atoms in total. The summed E-state index contributed by atoms with van der Waals surface area (Å²) >= 11 is 0. The van der Waals surface area contributed by atoms with E-state index in [1.165, 1.54) is 0 Å². The molecular weight excluding hydrogens is 314 g/mol. The van der Waals surface area contributed by atoms with Crippen molar-refractivity contribution in [3.63, 3.8) is 0 Å².